The fraction of sp³-hybridized carbons (Fsp3) is 0.357. The van der Waals surface area contributed by atoms with E-state index in [2.05, 4.69) is 26.8 Å². The quantitative estimate of drug-likeness (QED) is 0.370. The van der Waals surface area contributed by atoms with Gasteiger partial charge >= 0.3 is 0 Å². The summed E-state index contributed by atoms with van der Waals surface area (Å²) >= 11 is 1.67. The Balaban J connectivity index is 1.52. The first-order chi connectivity index (χ1) is 15.9. The van der Waals surface area contributed by atoms with Crippen molar-refractivity contribution in [2.24, 2.45) is 16.3 Å². The summed E-state index contributed by atoms with van der Waals surface area (Å²) in [6.07, 6.45) is 4.94. The lowest BCUT2D eigenvalue weighted by molar-refractivity contribution is 0.218. The van der Waals surface area contributed by atoms with Gasteiger partial charge in [-0.1, -0.05) is 51.1 Å². The number of nitrogens with zero attached hydrogens (tertiary/aromatic N) is 2. The van der Waals surface area contributed by atoms with Crippen LogP contribution < -0.4 is 9.47 Å². The van der Waals surface area contributed by atoms with Gasteiger partial charge in [-0.15, -0.1) is 11.3 Å². The van der Waals surface area contributed by atoms with Crippen molar-refractivity contribution >= 4 is 22.6 Å². The number of nitriles is 1. The fourth-order valence-corrected chi connectivity index (χ4v) is 5.49. The molecule has 33 heavy (non-hydrogen) atoms. The van der Waals surface area contributed by atoms with E-state index in [-0.39, 0.29) is 5.41 Å². The maximum atomic E-state index is 9.80. The normalized spacial score (nSPS) is 15.8. The number of aliphatic imine (C=N–C) groups is 1. The summed E-state index contributed by atoms with van der Waals surface area (Å²) < 4.78 is 11.5. The summed E-state index contributed by atoms with van der Waals surface area (Å²) in [5, 5.41) is 10.6. The molecule has 0 bridgehead atoms. The predicted octanol–water partition coefficient (Wildman–Crippen LogP) is 7.11. The standard InChI is InChI=1S/C28H30N2O2S/c1-28(2,3)21-11-12-22-23(16-29)27(33-26(22)15-21)30-17-20-10-13-24(25(14-20)31-4)32-18-19-8-6-5-7-9-19/h5-10,13-14,17,21H,11-12,15,18H2,1-4H3/t21-/m0/s1. The van der Waals surface area contributed by atoms with E-state index in [0.717, 1.165) is 41.0 Å². The molecule has 3 aromatic rings. The molecule has 0 N–H and O–H groups in total. The molecule has 0 aliphatic heterocycles. The SMILES string of the molecule is COc1cc(C=Nc2sc3c(c2C#N)CC[C@H](C(C)(C)C)C3)ccc1OCc1ccccc1. The van der Waals surface area contributed by atoms with Gasteiger partial charge in [-0.3, -0.25) is 0 Å². The monoisotopic (exact) mass is 458 g/mol. The van der Waals surface area contributed by atoms with Gasteiger partial charge in [0.1, 0.15) is 17.7 Å². The molecule has 1 aromatic heterocycles. The molecule has 1 heterocycles. The van der Waals surface area contributed by atoms with Crippen LogP contribution >= 0.6 is 11.3 Å². The molecular weight excluding hydrogens is 428 g/mol. The first-order valence-electron chi connectivity index (χ1n) is 11.3. The zero-order valence-electron chi connectivity index (χ0n) is 19.7. The van der Waals surface area contributed by atoms with Crippen LogP contribution in [0.5, 0.6) is 11.5 Å². The highest BCUT2D eigenvalue weighted by Crippen LogP contribution is 2.45. The lowest BCUT2D eigenvalue weighted by Crippen LogP contribution is -2.26. The molecule has 0 saturated heterocycles. The number of rotatable bonds is 6. The van der Waals surface area contributed by atoms with Gasteiger partial charge in [0.05, 0.1) is 12.7 Å². The van der Waals surface area contributed by atoms with Gasteiger partial charge in [-0.2, -0.15) is 5.26 Å². The van der Waals surface area contributed by atoms with Gasteiger partial charge in [0, 0.05) is 11.1 Å². The maximum absolute atomic E-state index is 9.80. The molecule has 0 amide bonds. The van der Waals surface area contributed by atoms with E-state index in [4.69, 9.17) is 14.5 Å². The van der Waals surface area contributed by atoms with E-state index in [1.54, 1.807) is 18.4 Å². The Morgan fingerprint density at radius 2 is 1.94 bits per heavy atom. The number of thiophene rings is 1. The molecule has 1 aliphatic rings. The van der Waals surface area contributed by atoms with E-state index in [1.807, 2.05) is 54.7 Å². The summed E-state index contributed by atoms with van der Waals surface area (Å²) in [7, 11) is 1.64. The van der Waals surface area contributed by atoms with Crippen LogP contribution in [0.25, 0.3) is 0 Å². The third-order valence-electron chi connectivity index (χ3n) is 6.34. The molecule has 0 spiro atoms. The van der Waals surface area contributed by atoms with Crippen LogP contribution in [0.15, 0.2) is 53.5 Å². The molecule has 1 atom stereocenters. The van der Waals surface area contributed by atoms with Crippen LogP contribution in [-0.4, -0.2) is 13.3 Å². The molecule has 1 aliphatic carbocycles. The number of benzene rings is 2. The number of hydrogen-bond acceptors (Lipinski definition) is 5. The van der Waals surface area contributed by atoms with Crippen LogP contribution in [0.1, 0.15) is 54.3 Å². The van der Waals surface area contributed by atoms with Crippen molar-refractivity contribution in [3.8, 4) is 17.6 Å². The van der Waals surface area contributed by atoms with Gasteiger partial charge in [-0.25, -0.2) is 4.99 Å². The highest BCUT2D eigenvalue weighted by atomic mass is 32.1. The molecule has 0 unspecified atom stereocenters. The molecule has 170 valence electrons. The Labute approximate surface area is 200 Å². The van der Waals surface area contributed by atoms with Crippen LogP contribution in [0.3, 0.4) is 0 Å². The van der Waals surface area contributed by atoms with E-state index in [9.17, 15) is 5.26 Å². The Hall–Kier alpha value is -3.10. The second-order valence-electron chi connectivity index (χ2n) is 9.54. The van der Waals surface area contributed by atoms with Crippen LogP contribution in [0.4, 0.5) is 5.00 Å². The summed E-state index contributed by atoms with van der Waals surface area (Å²) in [6.45, 7) is 7.40. The molecule has 0 fully saturated rings. The molecule has 4 rings (SSSR count). The Kier molecular flexibility index (Phi) is 6.85. The Morgan fingerprint density at radius 3 is 2.64 bits per heavy atom. The molecule has 4 nitrogen and oxygen atoms in total. The number of methoxy groups -OCH3 is 1. The Bertz CT molecular complexity index is 1180. The van der Waals surface area contributed by atoms with Crippen molar-refractivity contribution in [1.82, 2.24) is 0 Å². The van der Waals surface area contributed by atoms with Gasteiger partial charge in [-0.05, 0) is 65.5 Å². The predicted molar refractivity (Wildman–Crippen MR) is 135 cm³/mol. The van der Waals surface area contributed by atoms with Crippen molar-refractivity contribution in [1.29, 1.82) is 5.26 Å². The maximum Gasteiger partial charge on any atom is 0.161 e. The first-order valence-corrected chi connectivity index (χ1v) is 12.1. The zero-order chi connectivity index (χ0) is 23.4. The lowest BCUT2D eigenvalue weighted by Gasteiger charge is -2.33. The zero-order valence-corrected chi connectivity index (χ0v) is 20.5. The van der Waals surface area contributed by atoms with Crippen LogP contribution in [0.2, 0.25) is 0 Å². The molecule has 2 aromatic carbocycles. The molecule has 0 radical (unpaired) electrons. The van der Waals surface area contributed by atoms with E-state index in [0.29, 0.717) is 24.0 Å². The van der Waals surface area contributed by atoms with E-state index >= 15 is 0 Å². The van der Waals surface area contributed by atoms with Gasteiger partial charge in [0.25, 0.3) is 0 Å². The largest absolute Gasteiger partial charge is 0.493 e. The van der Waals surface area contributed by atoms with Crippen molar-refractivity contribution in [3.63, 3.8) is 0 Å². The van der Waals surface area contributed by atoms with Gasteiger partial charge in [0.15, 0.2) is 11.5 Å². The van der Waals surface area contributed by atoms with Crippen molar-refractivity contribution in [2.45, 2.75) is 46.6 Å². The highest BCUT2D eigenvalue weighted by molar-refractivity contribution is 7.16. The minimum Gasteiger partial charge on any atom is -0.493 e. The second-order valence-corrected chi connectivity index (χ2v) is 10.6. The van der Waals surface area contributed by atoms with Crippen molar-refractivity contribution < 1.29 is 9.47 Å². The number of hydrogen-bond donors (Lipinski definition) is 0. The van der Waals surface area contributed by atoms with Crippen molar-refractivity contribution in [2.75, 3.05) is 7.11 Å². The van der Waals surface area contributed by atoms with Gasteiger partial charge in [0.2, 0.25) is 0 Å². The number of fused-ring (bicyclic) bond motifs is 1. The van der Waals surface area contributed by atoms with E-state index < -0.39 is 0 Å². The summed E-state index contributed by atoms with van der Waals surface area (Å²) in [5.74, 6) is 1.99. The second kappa shape index (κ2) is 9.80. The summed E-state index contributed by atoms with van der Waals surface area (Å²) in [4.78, 5) is 6.04. The topological polar surface area (TPSA) is 54.6 Å². The smallest absolute Gasteiger partial charge is 0.161 e. The average molecular weight is 459 g/mol. The summed E-state index contributed by atoms with van der Waals surface area (Å²) in [5.41, 5.74) is 4.23. The summed E-state index contributed by atoms with van der Waals surface area (Å²) in [6, 6.07) is 18.2. The van der Waals surface area contributed by atoms with E-state index in [1.165, 1.54) is 10.4 Å². The van der Waals surface area contributed by atoms with Gasteiger partial charge < -0.3 is 9.47 Å². The number of ether oxygens (including phenoxy) is 2. The average Bonchev–Trinajstić information content (AvgIpc) is 3.18. The fourth-order valence-electron chi connectivity index (χ4n) is 4.27. The molecular formula is C28H30N2O2S. The third kappa shape index (κ3) is 5.29. The molecule has 0 saturated carbocycles. The minimum absolute atomic E-state index is 0.277. The minimum atomic E-state index is 0.277. The van der Waals surface area contributed by atoms with Crippen molar-refractivity contribution in [3.05, 3.63) is 75.7 Å². The first kappa shape index (κ1) is 23.1. The lowest BCUT2D eigenvalue weighted by atomic mass is 9.72. The van der Waals surface area contributed by atoms with Crippen LogP contribution in [-0.2, 0) is 19.4 Å². The Morgan fingerprint density at radius 1 is 1.15 bits per heavy atom. The molecule has 5 heteroatoms. The third-order valence-corrected chi connectivity index (χ3v) is 7.50. The highest BCUT2D eigenvalue weighted by Gasteiger charge is 2.32. The van der Waals surface area contributed by atoms with Crippen LogP contribution in [0, 0.1) is 22.7 Å².